The molecule has 0 fully saturated rings. The Balaban J connectivity index is 2.36. The lowest BCUT2D eigenvalue weighted by Crippen LogP contribution is -2.07. The van der Waals surface area contributed by atoms with Crippen molar-refractivity contribution in [1.82, 2.24) is 5.16 Å². The maximum Gasteiger partial charge on any atom is 0.312 e. The summed E-state index contributed by atoms with van der Waals surface area (Å²) in [6, 6.07) is 3.31. The maximum absolute atomic E-state index is 11.4. The van der Waals surface area contributed by atoms with Crippen molar-refractivity contribution in [3.05, 3.63) is 22.8 Å². The number of rotatable bonds is 4. The highest BCUT2D eigenvalue weighted by Crippen LogP contribution is 2.31. The monoisotopic (exact) mass is 269 g/mol. The minimum absolute atomic E-state index is 0.0590. The Morgan fingerprint density at radius 3 is 2.94 bits per heavy atom. The van der Waals surface area contributed by atoms with Crippen LogP contribution in [0.1, 0.15) is 12.6 Å². The van der Waals surface area contributed by atoms with Crippen LogP contribution in [0.3, 0.4) is 0 Å². The van der Waals surface area contributed by atoms with Crippen molar-refractivity contribution in [3.8, 4) is 5.75 Å². The second-order valence-electron chi connectivity index (χ2n) is 3.59. The standard InChI is InChI=1S/C12H12ClNO4/c1-3-17-12(15)5-9-7-4-8(13)11(16-2)6-10(7)18-14-9/h4,6H,3,5H2,1-2H3. The summed E-state index contributed by atoms with van der Waals surface area (Å²) in [5, 5.41) is 4.98. The van der Waals surface area contributed by atoms with E-state index in [1.807, 2.05) is 0 Å². The van der Waals surface area contributed by atoms with Gasteiger partial charge in [0.25, 0.3) is 0 Å². The number of hydrogen-bond donors (Lipinski definition) is 0. The van der Waals surface area contributed by atoms with Crippen LogP contribution in [0.15, 0.2) is 16.7 Å². The number of carbonyl (C=O) groups excluding carboxylic acids is 1. The van der Waals surface area contributed by atoms with Crippen LogP contribution in [-0.4, -0.2) is 24.8 Å². The lowest BCUT2D eigenvalue weighted by molar-refractivity contribution is -0.142. The van der Waals surface area contributed by atoms with Gasteiger partial charge in [-0.05, 0) is 13.0 Å². The number of ether oxygens (including phenoxy) is 2. The molecular weight excluding hydrogens is 258 g/mol. The summed E-state index contributed by atoms with van der Waals surface area (Å²) in [6.07, 6.45) is 0.0590. The van der Waals surface area contributed by atoms with E-state index >= 15 is 0 Å². The average molecular weight is 270 g/mol. The van der Waals surface area contributed by atoms with Crippen molar-refractivity contribution in [2.45, 2.75) is 13.3 Å². The zero-order valence-electron chi connectivity index (χ0n) is 10.0. The van der Waals surface area contributed by atoms with Gasteiger partial charge < -0.3 is 14.0 Å². The molecule has 6 heteroatoms. The Morgan fingerprint density at radius 2 is 2.28 bits per heavy atom. The minimum atomic E-state index is -0.348. The second kappa shape index (κ2) is 5.27. The fraction of sp³-hybridized carbons (Fsp3) is 0.333. The van der Waals surface area contributed by atoms with Crippen LogP contribution in [0.25, 0.3) is 11.0 Å². The van der Waals surface area contributed by atoms with E-state index in [9.17, 15) is 4.79 Å². The van der Waals surface area contributed by atoms with E-state index in [-0.39, 0.29) is 12.4 Å². The summed E-state index contributed by atoms with van der Waals surface area (Å²) in [6.45, 7) is 2.09. The van der Waals surface area contributed by atoms with Crippen LogP contribution < -0.4 is 4.74 Å². The van der Waals surface area contributed by atoms with Crippen LogP contribution in [0.5, 0.6) is 5.75 Å². The number of hydrogen-bond acceptors (Lipinski definition) is 5. The van der Waals surface area contributed by atoms with Crippen LogP contribution in [0, 0.1) is 0 Å². The summed E-state index contributed by atoms with van der Waals surface area (Å²) in [5.74, 6) is 0.155. The fourth-order valence-electron chi connectivity index (χ4n) is 1.62. The van der Waals surface area contributed by atoms with Crippen LogP contribution in [0.2, 0.25) is 5.02 Å². The molecule has 5 nitrogen and oxygen atoms in total. The molecule has 0 amide bonds. The molecular formula is C12H12ClNO4. The molecule has 0 saturated heterocycles. The van der Waals surface area contributed by atoms with Crippen molar-refractivity contribution in [3.63, 3.8) is 0 Å². The third kappa shape index (κ3) is 2.41. The number of fused-ring (bicyclic) bond motifs is 1. The SMILES string of the molecule is CCOC(=O)Cc1noc2cc(OC)c(Cl)cc12. The van der Waals surface area contributed by atoms with Gasteiger partial charge in [-0.25, -0.2) is 0 Å². The summed E-state index contributed by atoms with van der Waals surface area (Å²) < 4.78 is 15.1. The van der Waals surface area contributed by atoms with E-state index in [1.54, 1.807) is 19.1 Å². The van der Waals surface area contributed by atoms with Gasteiger partial charge in [-0.15, -0.1) is 0 Å². The van der Waals surface area contributed by atoms with Crippen molar-refractivity contribution in [2.75, 3.05) is 13.7 Å². The highest BCUT2D eigenvalue weighted by atomic mass is 35.5. The van der Waals surface area contributed by atoms with Gasteiger partial charge >= 0.3 is 5.97 Å². The third-order valence-electron chi connectivity index (χ3n) is 2.44. The molecule has 2 rings (SSSR count). The van der Waals surface area contributed by atoms with Crippen molar-refractivity contribution in [1.29, 1.82) is 0 Å². The van der Waals surface area contributed by atoms with Crippen LogP contribution in [0.4, 0.5) is 0 Å². The number of nitrogens with zero attached hydrogens (tertiary/aromatic N) is 1. The number of halogens is 1. The quantitative estimate of drug-likeness (QED) is 0.799. The first-order valence-electron chi connectivity index (χ1n) is 5.43. The summed E-state index contributed by atoms with van der Waals surface area (Å²) in [7, 11) is 1.52. The molecule has 0 unspecified atom stereocenters. The largest absolute Gasteiger partial charge is 0.495 e. The predicted octanol–water partition coefficient (Wildman–Crippen LogP) is 2.60. The molecule has 1 aromatic heterocycles. The number of carbonyl (C=O) groups is 1. The maximum atomic E-state index is 11.4. The molecule has 0 aliphatic carbocycles. The fourth-order valence-corrected chi connectivity index (χ4v) is 1.86. The third-order valence-corrected chi connectivity index (χ3v) is 2.73. The van der Waals surface area contributed by atoms with Gasteiger partial charge in [-0.2, -0.15) is 0 Å². The highest BCUT2D eigenvalue weighted by molar-refractivity contribution is 6.32. The lowest BCUT2D eigenvalue weighted by atomic mass is 10.1. The molecule has 96 valence electrons. The molecule has 0 bridgehead atoms. The highest BCUT2D eigenvalue weighted by Gasteiger charge is 2.15. The van der Waals surface area contributed by atoms with Gasteiger partial charge in [0.05, 0.1) is 25.2 Å². The molecule has 2 aromatic rings. The van der Waals surface area contributed by atoms with Gasteiger partial charge in [0, 0.05) is 11.5 Å². The topological polar surface area (TPSA) is 61.6 Å². The molecule has 0 N–H and O–H groups in total. The molecule has 0 atom stereocenters. The Hall–Kier alpha value is -1.75. The first kappa shape index (κ1) is 12.7. The van der Waals surface area contributed by atoms with E-state index in [0.29, 0.717) is 34.0 Å². The molecule has 0 aliphatic rings. The van der Waals surface area contributed by atoms with Crippen molar-refractivity contribution in [2.24, 2.45) is 0 Å². The molecule has 0 saturated carbocycles. The Bertz CT molecular complexity index is 579. The van der Waals surface area contributed by atoms with Gasteiger partial charge in [0.15, 0.2) is 5.58 Å². The van der Waals surface area contributed by atoms with E-state index < -0.39 is 0 Å². The number of aromatic nitrogens is 1. The molecule has 0 aliphatic heterocycles. The predicted molar refractivity (Wildman–Crippen MR) is 65.9 cm³/mol. The minimum Gasteiger partial charge on any atom is -0.495 e. The zero-order valence-corrected chi connectivity index (χ0v) is 10.8. The van der Waals surface area contributed by atoms with E-state index in [4.69, 9.17) is 25.6 Å². The average Bonchev–Trinajstić information content (AvgIpc) is 2.71. The van der Waals surface area contributed by atoms with Crippen LogP contribution >= 0.6 is 11.6 Å². The van der Waals surface area contributed by atoms with Gasteiger partial charge in [-0.3, -0.25) is 4.79 Å². The van der Waals surface area contributed by atoms with Gasteiger partial charge in [0.2, 0.25) is 0 Å². The van der Waals surface area contributed by atoms with Crippen LogP contribution in [-0.2, 0) is 16.0 Å². The van der Waals surface area contributed by atoms with Gasteiger partial charge in [-0.1, -0.05) is 16.8 Å². The Labute approximate surface area is 109 Å². The summed E-state index contributed by atoms with van der Waals surface area (Å²) in [4.78, 5) is 11.4. The first-order valence-corrected chi connectivity index (χ1v) is 5.81. The molecule has 1 heterocycles. The first-order chi connectivity index (χ1) is 8.65. The summed E-state index contributed by atoms with van der Waals surface area (Å²) in [5.41, 5.74) is 1.03. The van der Waals surface area contributed by atoms with E-state index in [2.05, 4.69) is 5.16 Å². The molecule has 0 radical (unpaired) electrons. The molecule has 18 heavy (non-hydrogen) atoms. The van der Waals surface area contributed by atoms with Crippen molar-refractivity contribution < 1.29 is 18.8 Å². The number of benzene rings is 1. The van der Waals surface area contributed by atoms with Crippen molar-refractivity contribution >= 4 is 28.5 Å². The normalized spacial score (nSPS) is 10.6. The van der Waals surface area contributed by atoms with E-state index in [1.165, 1.54) is 7.11 Å². The molecule has 1 aromatic carbocycles. The molecule has 0 spiro atoms. The van der Waals surface area contributed by atoms with E-state index in [0.717, 1.165) is 0 Å². The Kier molecular flexibility index (Phi) is 3.72. The number of methoxy groups -OCH3 is 1. The number of esters is 1. The summed E-state index contributed by atoms with van der Waals surface area (Å²) >= 11 is 6.02. The second-order valence-corrected chi connectivity index (χ2v) is 4.00. The van der Waals surface area contributed by atoms with Gasteiger partial charge in [0.1, 0.15) is 11.4 Å². The lowest BCUT2D eigenvalue weighted by Gasteiger charge is -2.02. The smallest absolute Gasteiger partial charge is 0.312 e. The Morgan fingerprint density at radius 1 is 1.50 bits per heavy atom. The zero-order chi connectivity index (χ0) is 13.1.